The number of carbonyl (C=O) groups is 1. The van der Waals surface area contributed by atoms with Crippen molar-refractivity contribution in [1.82, 2.24) is 9.55 Å². The molecule has 1 amide bonds. The van der Waals surface area contributed by atoms with E-state index in [1.165, 1.54) is 5.52 Å². The lowest BCUT2D eigenvalue weighted by molar-refractivity contribution is -0.117. The molecule has 0 radical (unpaired) electrons. The Bertz CT molecular complexity index is 968. The summed E-state index contributed by atoms with van der Waals surface area (Å²) in [4.78, 5) is 19.8. The molecule has 1 aliphatic rings. The summed E-state index contributed by atoms with van der Waals surface area (Å²) in [6.07, 6.45) is 2.79. The minimum atomic E-state index is 0.140. The standard InChI is InChI=1S/C23H27N3O/c1-4-5-13-25-20-12-7-6-11-19(20)24-23(25)18-14-21(27)26(15-18)22-16(2)9-8-10-17(22)3/h6-12,18H,4-5,13-15H2,1-3H3/t18-/m1/s1. The number of hydrogen-bond donors (Lipinski definition) is 0. The molecule has 4 heteroatoms. The Labute approximate surface area is 160 Å². The molecule has 0 saturated carbocycles. The van der Waals surface area contributed by atoms with Crippen molar-refractivity contribution in [3.05, 3.63) is 59.4 Å². The lowest BCUT2D eigenvalue weighted by Crippen LogP contribution is -2.26. The Kier molecular flexibility index (Phi) is 4.73. The maximum Gasteiger partial charge on any atom is 0.227 e. The lowest BCUT2D eigenvalue weighted by atomic mass is 10.1. The van der Waals surface area contributed by atoms with Crippen LogP contribution in [0.15, 0.2) is 42.5 Å². The fourth-order valence-electron chi connectivity index (χ4n) is 4.29. The van der Waals surface area contributed by atoms with Crippen LogP contribution in [0.2, 0.25) is 0 Å². The van der Waals surface area contributed by atoms with E-state index in [4.69, 9.17) is 4.98 Å². The molecule has 0 unspecified atom stereocenters. The minimum absolute atomic E-state index is 0.140. The third kappa shape index (κ3) is 3.14. The van der Waals surface area contributed by atoms with Gasteiger partial charge in [0, 0.05) is 31.1 Å². The zero-order valence-corrected chi connectivity index (χ0v) is 16.4. The monoisotopic (exact) mass is 361 g/mol. The van der Waals surface area contributed by atoms with Gasteiger partial charge in [-0.1, -0.05) is 43.7 Å². The zero-order valence-electron chi connectivity index (χ0n) is 16.4. The van der Waals surface area contributed by atoms with Gasteiger partial charge in [0.15, 0.2) is 0 Å². The Morgan fingerprint density at radius 1 is 1.07 bits per heavy atom. The van der Waals surface area contributed by atoms with Crippen LogP contribution in [-0.4, -0.2) is 22.0 Å². The fraction of sp³-hybridized carbons (Fsp3) is 0.391. The van der Waals surface area contributed by atoms with E-state index in [1.54, 1.807) is 0 Å². The van der Waals surface area contributed by atoms with E-state index < -0.39 is 0 Å². The highest BCUT2D eigenvalue weighted by Gasteiger charge is 2.35. The molecule has 1 aromatic heterocycles. The molecular formula is C23H27N3O. The molecule has 140 valence electrons. The molecule has 3 aromatic rings. The number of aryl methyl sites for hydroxylation is 3. The summed E-state index contributed by atoms with van der Waals surface area (Å²) in [5, 5.41) is 0. The third-order valence-corrected chi connectivity index (χ3v) is 5.62. The van der Waals surface area contributed by atoms with E-state index in [0.717, 1.165) is 47.5 Å². The summed E-state index contributed by atoms with van der Waals surface area (Å²) in [6, 6.07) is 14.5. The average Bonchev–Trinajstić information content (AvgIpc) is 3.21. The molecule has 0 N–H and O–H groups in total. The second kappa shape index (κ2) is 7.18. The summed E-state index contributed by atoms with van der Waals surface area (Å²) in [5.41, 5.74) is 5.59. The Hall–Kier alpha value is -2.62. The highest BCUT2D eigenvalue weighted by molar-refractivity contribution is 5.98. The second-order valence-corrected chi connectivity index (χ2v) is 7.61. The van der Waals surface area contributed by atoms with Gasteiger partial charge in [-0.3, -0.25) is 4.79 Å². The van der Waals surface area contributed by atoms with Crippen LogP contribution in [0.5, 0.6) is 0 Å². The van der Waals surface area contributed by atoms with E-state index in [2.05, 4.69) is 61.7 Å². The van der Waals surface area contributed by atoms with Gasteiger partial charge >= 0.3 is 0 Å². The fourth-order valence-corrected chi connectivity index (χ4v) is 4.29. The topological polar surface area (TPSA) is 38.1 Å². The number of rotatable bonds is 5. The Balaban J connectivity index is 1.72. The summed E-state index contributed by atoms with van der Waals surface area (Å²) in [6.45, 7) is 8.04. The molecule has 0 aliphatic carbocycles. The molecule has 27 heavy (non-hydrogen) atoms. The Morgan fingerprint density at radius 2 is 1.81 bits per heavy atom. The average molecular weight is 361 g/mol. The van der Waals surface area contributed by atoms with Crippen molar-refractivity contribution in [2.24, 2.45) is 0 Å². The van der Waals surface area contributed by atoms with Crippen LogP contribution in [-0.2, 0) is 11.3 Å². The predicted molar refractivity (Wildman–Crippen MR) is 110 cm³/mol. The molecule has 0 bridgehead atoms. The number of unbranched alkanes of at least 4 members (excludes halogenated alkanes) is 1. The number of aromatic nitrogens is 2. The summed E-state index contributed by atoms with van der Waals surface area (Å²) >= 11 is 0. The van der Waals surface area contributed by atoms with Gasteiger partial charge in [-0.2, -0.15) is 0 Å². The van der Waals surface area contributed by atoms with Crippen LogP contribution in [0.4, 0.5) is 5.69 Å². The van der Waals surface area contributed by atoms with Gasteiger partial charge in [-0.05, 0) is 43.5 Å². The van der Waals surface area contributed by atoms with E-state index >= 15 is 0 Å². The van der Waals surface area contributed by atoms with Crippen molar-refractivity contribution < 1.29 is 4.79 Å². The molecule has 1 atom stereocenters. The second-order valence-electron chi connectivity index (χ2n) is 7.61. The zero-order chi connectivity index (χ0) is 19.0. The van der Waals surface area contributed by atoms with Gasteiger partial charge in [-0.15, -0.1) is 0 Å². The molecule has 1 aliphatic heterocycles. The number of fused-ring (bicyclic) bond motifs is 1. The van der Waals surface area contributed by atoms with Crippen molar-refractivity contribution in [3.8, 4) is 0 Å². The SMILES string of the molecule is CCCCn1c([C@@H]2CC(=O)N(c3c(C)cccc3C)C2)nc2ccccc21. The number of nitrogens with zero attached hydrogens (tertiary/aromatic N) is 3. The van der Waals surface area contributed by atoms with Gasteiger partial charge in [0.1, 0.15) is 5.82 Å². The molecule has 0 spiro atoms. The summed E-state index contributed by atoms with van der Waals surface area (Å²) < 4.78 is 2.34. The van der Waals surface area contributed by atoms with Gasteiger partial charge in [-0.25, -0.2) is 4.98 Å². The molecule has 2 heterocycles. The van der Waals surface area contributed by atoms with Crippen molar-refractivity contribution in [1.29, 1.82) is 0 Å². The Morgan fingerprint density at radius 3 is 2.56 bits per heavy atom. The highest BCUT2D eigenvalue weighted by Crippen LogP contribution is 2.36. The molecule has 1 saturated heterocycles. The maximum absolute atomic E-state index is 12.9. The van der Waals surface area contributed by atoms with Crippen LogP contribution < -0.4 is 4.90 Å². The predicted octanol–water partition coefficient (Wildman–Crippen LogP) is 4.97. The van der Waals surface area contributed by atoms with Crippen molar-refractivity contribution in [2.45, 2.75) is 52.5 Å². The minimum Gasteiger partial charge on any atom is -0.328 e. The summed E-state index contributed by atoms with van der Waals surface area (Å²) in [7, 11) is 0. The molecule has 2 aromatic carbocycles. The van der Waals surface area contributed by atoms with E-state index in [-0.39, 0.29) is 11.8 Å². The number of carbonyl (C=O) groups excluding carboxylic acids is 1. The van der Waals surface area contributed by atoms with E-state index in [9.17, 15) is 4.79 Å². The molecule has 1 fully saturated rings. The van der Waals surface area contributed by atoms with Crippen LogP contribution in [0, 0.1) is 13.8 Å². The van der Waals surface area contributed by atoms with Crippen LogP contribution in [0.1, 0.15) is 49.1 Å². The van der Waals surface area contributed by atoms with Gasteiger partial charge < -0.3 is 9.47 Å². The van der Waals surface area contributed by atoms with Crippen LogP contribution >= 0.6 is 0 Å². The first-order chi connectivity index (χ1) is 13.1. The largest absolute Gasteiger partial charge is 0.328 e. The van der Waals surface area contributed by atoms with Crippen molar-refractivity contribution in [2.75, 3.05) is 11.4 Å². The van der Waals surface area contributed by atoms with Crippen LogP contribution in [0.3, 0.4) is 0 Å². The molecular weight excluding hydrogens is 334 g/mol. The van der Waals surface area contributed by atoms with Crippen molar-refractivity contribution >= 4 is 22.6 Å². The van der Waals surface area contributed by atoms with E-state index in [0.29, 0.717) is 13.0 Å². The highest BCUT2D eigenvalue weighted by atomic mass is 16.2. The van der Waals surface area contributed by atoms with Gasteiger partial charge in [0.2, 0.25) is 5.91 Å². The first kappa shape index (κ1) is 17.8. The third-order valence-electron chi connectivity index (χ3n) is 5.62. The van der Waals surface area contributed by atoms with Gasteiger partial charge in [0.05, 0.1) is 11.0 Å². The quantitative estimate of drug-likeness (QED) is 0.643. The number of imidazole rings is 1. The first-order valence-electron chi connectivity index (χ1n) is 9.92. The van der Waals surface area contributed by atoms with Crippen LogP contribution in [0.25, 0.3) is 11.0 Å². The smallest absolute Gasteiger partial charge is 0.227 e. The summed E-state index contributed by atoms with van der Waals surface area (Å²) in [5.74, 6) is 1.40. The number of amides is 1. The normalized spacial score (nSPS) is 17.2. The van der Waals surface area contributed by atoms with Crippen molar-refractivity contribution in [3.63, 3.8) is 0 Å². The number of para-hydroxylation sites is 3. The van der Waals surface area contributed by atoms with Gasteiger partial charge in [0.25, 0.3) is 0 Å². The number of anilines is 1. The lowest BCUT2D eigenvalue weighted by Gasteiger charge is -2.21. The number of benzene rings is 2. The number of hydrogen-bond acceptors (Lipinski definition) is 2. The maximum atomic E-state index is 12.9. The first-order valence-corrected chi connectivity index (χ1v) is 9.92. The van der Waals surface area contributed by atoms with E-state index in [1.807, 2.05) is 11.0 Å². The molecule has 4 rings (SSSR count). The molecule has 4 nitrogen and oxygen atoms in total.